The second-order valence-corrected chi connectivity index (χ2v) is 9.66. The molecular weight excluding hydrogens is 432 g/mol. The molecule has 0 saturated heterocycles. The normalized spacial score (nSPS) is 12.5. The fourth-order valence-electron chi connectivity index (χ4n) is 2.96. The molecule has 34 heavy (non-hydrogen) atoms. The van der Waals surface area contributed by atoms with Crippen LogP contribution in [0.15, 0.2) is 54.1 Å². The standard InChI is InChI=1S/C28H34O6/c1-9-18(2)19(3)20-14-10-12-16-22(20)32-25(30)28(7,8)26(31)33-23-17-13-11-15-21(23)24(29)34-27(4,5)6/h10-17H,9H2,1-8H3/b19-18+. The molecule has 0 amide bonds. The number of ether oxygens (including phenoxy) is 3. The van der Waals surface area contributed by atoms with Gasteiger partial charge in [0.05, 0.1) is 0 Å². The first-order valence-electron chi connectivity index (χ1n) is 11.3. The molecule has 182 valence electrons. The highest BCUT2D eigenvalue weighted by Gasteiger charge is 2.41. The van der Waals surface area contributed by atoms with Crippen molar-refractivity contribution in [3.05, 3.63) is 65.2 Å². The lowest BCUT2D eigenvalue weighted by molar-refractivity contribution is -0.158. The van der Waals surface area contributed by atoms with Gasteiger partial charge in [-0.15, -0.1) is 0 Å². The molecule has 0 fully saturated rings. The Morgan fingerprint density at radius 2 is 1.18 bits per heavy atom. The molecule has 0 unspecified atom stereocenters. The number of benzene rings is 2. The van der Waals surface area contributed by atoms with Crippen molar-refractivity contribution in [3.63, 3.8) is 0 Å². The van der Waals surface area contributed by atoms with Gasteiger partial charge in [-0.2, -0.15) is 0 Å². The Hall–Kier alpha value is -3.41. The highest BCUT2D eigenvalue weighted by molar-refractivity contribution is 6.02. The monoisotopic (exact) mass is 466 g/mol. The van der Waals surface area contributed by atoms with Gasteiger partial charge in [-0.3, -0.25) is 9.59 Å². The van der Waals surface area contributed by atoms with E-state index in [4.69, 9.17) is 14.2 Å². The lowest BCUT2D eigenvalue weighted by atomic mass is 9.93. The zero-order valence-corrected chi connectivity index (χ0v) is 21.3. The van der Waals surface area contributed by atoms with E-state index < -0.39 is 28.9 Å². The van der Waals surface area contributed by atoms with Gasteiger partial charge in [0.1, 0.15) is 22.7 Å². The second-order valence-electron chi connectivity index (χ2n) is 9.66. The van der Waals surface area contributed by atoms with Crippen molar-refractivity contribution in [1.82, 2.24) is 0 Å². The topological polar surface area (TPSA) is 78.9 Å². The van der Waals surface area contributed by atoms with Crippen LogP contribution in [0.3, 0.4) is 0 Å². The number of allylic oxidation sites excluding steroid dienone is 2. The molecule has 6 heteroatoms. The van der Waals surface area contributed by atoms with E-state index in [9.17, 15) is 14.4 Å². The summed E-state index contributed by atoms with van der Waals surface area (Å²) in [4.78, 5) is 38.6. The first-order valence-corrected chi connectivity index (χ1v) is 11.3. The predicted octanol–water partition coefficient (Wildman–Crippen LogP) is 6.38. The molecule has 0 aromatic heterocycles. The van der Waals surface area contributed by atoms with Crippen LogP contribution < -0.4 is 9.47 Å². The van der Waals surface area contributed by atoms with Gasteiger partial charge in [0.2, 0.25) is 0 Å². The van der Waals surface area contributed by atoms with Crippen LogP contribution in [0.4, 0.5) is 0 Å². The molecule has 2 aromatic carbocycles. The molecule has 6 nitrogen and oxygen atoms in total. The lowest BCUT2D eigenvalue weighted by Gasteiger charge is -2.23. The maximum absolute atomic E-state index is 13.1. The van der Waals surface area contributed by atoms with Gasteiger partial charge < -0.3 is 14.2 Å². The van der Waals surface area contributed by atoms with E-state index in [0.29, 0.717) is 5.75 Å². The van der Waals surface area contributed by atoms with Crippen molar-refractivity contribution in [1.29, 1.82) is 0 Å². The van der Waals surface area contributed by atoms with E-state index in [0.717, 1.165) is 17.6 Å². The smallest absolute Gasteiger partial charge is 0.342 e. The van der Waals surface area contributed by atoms with E-state index in [1.807, 2.05) is 26.0 Å². The Bertz CT molecular complexity index is 1100. The van der Waals surface area contributed by atoms with Crippen molar-refractivity contribution < 1.29 is 28.6 Å². The summed E-state index contributed by atoms with van der Waals surface area (Å²) in [5.74, 6) is -1.85. The number of rotatable bonds is 7. The number of esters is 3. The molecule has 0 radical (unpaired) electrons. The maximum Gasteiger partial charge on any atom is 0.342 e. The first-order chi connectivity index (χ1) is 15.8. The van der Waals surface area contributed by atoms with Crippen LogP contribution in [0.1, 0.15) is 77.7 Å². The average molecular weight is 467 g/mol. The molecule has 0 aliphatic heterocycles. The van der Waals surface area contributed by atoms with Crippen LogP contribution in [0, 0.1) is 5.41 Å². The van der Waals surface area contributed by atoms with Gasteiger partial charge in [-0.05, 0) is 78.7 Å². The fourth-order valence-corrected chi connectivity index (χ4v) is 2.96. The van der Waals surface area contributed by atoms with Crippen LogP contribution >= 0.6 is 0 Å². The minimum Gasteiger partial charge on any atom is -0.456 e. The van der Waals surface area contributed by atoms with E-state index in [2.05, 4.69) is 6.92 Å². The number of hydrogen-bond donors (Lipinski definition) is 0. The summed E-state index contributed by atoms with van der Waals surface area (Å²) in [6.07, 6.45) is 0.864. The zero-order chi connectivity index (χ0) is 25.7. The van der Waals surface area contributed by atoms with Crippen molar-refractivity contribution in [2.75, 3.05) is 0 Å². The van der Waals surface area contributed by atoms with Gasteiger partial charge in [-0.1, -0.05) is 42.8 Å². The van der Waals surface area contributed by atoms with Crippen molar-refractivity contribution >= 4 is 23.5 Å². The van der Waals surface area contributed by atoms with Crippen LogP contribution in [0.5, 0.6) is 11.5 Å². The van der Waals surface area contributed by atoms with E-state index >= 15 is 0 Å². The van der Waals surface area contributed by atoms with Crippen molar-refractivity contribution in [2.24, 2.45) is 5.41 Å². The van der Waals surface area contributed by atoms with Crippen LogP contribution in [0.2, 0.25) is 0 Å². The SMILES string of the molecule is CC/C(C)=C(\C)c1ccccc1OC(=O)C(C)(C)C(=O)Oc1ccccc1C(=O)OC(C)(C)C. The largest absolute Gasteiger partial charge is 0.456 e. The van der Waals surface area contributed by atoms with Crippen LogP contribution in [-0.4, -0.2) is 23.5 Å². The summed E-state index contributed by atoms with van der Waals surface area (Å²) in [5, 5.41) is 0. The van der Waals surface area contributed by atoms with E-state index in [1.165, 1.54) is 31.6 Å². The van der Waals surface area contributed by atoms with Crippen molar-refractivity contribution in [2.45, 2.75) is 67.4 Å². The number of carbonyl (C=O) groups is 3. The predicted molar refractivity (Wildman–Crippen MR) is 132 cm³/mol. The summed E-state index contributed by atoms with van der Waals surface area (Å²) >= 11 is 0. The Balaban J connectivity index is 2.27. The third kappa shape index (κ3) is 6.56. The average Bonchev–Trinajstić information content (AvgIpc) is 2.77. The van der Waals surface area contributed by atoms with Crippen LogP contribution in [-0.2, 0) is 14.3 Å². The summed E-state index contributed by atoms with van der Waals surface area (Å²) in [5.41, 5.74) is 0.711. The van der Waals surface area contributed by atoms with Crippen molar-refractivity contribution in [3.8, 4) is 11.5 Å². The summed E-state index contributed by atoms with van der Waals surface area (Å²) < 4.78 is 16.5. The first kappa shape index (κ1) is 26.8. The zero-order valence-electron chi connectivity index (χ0n) is 21.3. The molecule has 0 N–H and O–H groups in total. The molecule has 0 aliphatic rings. The molecule has 0 heterocycles. The van der Waals surface area contributed by atoms with Gasteiger partial charge in [-0.25, -0.2) is 4.79 Å². The molecule has 0 spiro atoms. The summed E-state index contributed by atoms with van der Waals surface area (Å²) in [6.45, 7) is 14.1. The molecule has 0 bridgehead atoms. The Kier molecular flexibility index (Phi) is 8.43. The molecule has 0 atom stereocenters. The minimum absolute atomic E-state index is 0.0142. The van der Waals surface area contributed by atoms with E-state index in [1.54, 1.807) is 45.0 Å². The fraction of sp³-hybridized carbons (Fsp3) is 0.393. The van der Waals surface area contributed by atoms with Crippen LogP contribution in [0.25, 0.3) is 5.57 Å². The number of hydrogen-bond acceptors (Lipinski definition) is 6. The number of para-hydroxylation sites is 2. The van der Waals surface area contributed by atoms with Gasteiger partial charge in [0.25, 0.3) is 0 Å². The van der Waals surface area contributed by atoms with E-state index in [-0.39, 0.29) is 11.3 Å². The third-order valence-electron chi connectivity index (χ3n) is 5.39. The summed E-state index contributed by atoms with van der Waals surface area (Å²) in [7, 11) is 0. The molecule has 0 aliphatic carbocycles. The molecule has 0 saturated carbocycles. The quantitative estimate of drug-likeness (QED) is 0.267. The van der Waals surface area contributed by atoms with Gasteiger partial charge >= 0.3 is 17.9 Å². The molecule has 2 aromatic rings. The van der Waals surface area contributed by atoms with Gasteiger partial charge in [0, 0.05) is 5.56 Å². The Morgan fingerprint density at radius 1 is 0.735 bits per heavy atom. The number of carbonyl (C=O) groups excluding carboxylic acids is 3. The molecule has 2 rings (SSSR count). The Labute approximate surface area is 201 Å². The highest BCUT2D eigenvalue weighted by Crippen LogP contribution is 2.32. The third-order valence-corrected chi connectivity index (χ3v) is 5.39. The second kappa shape index (κ2) is 10.7. The molecular formula is C28H34O6. The maximum atomic E-state index is 13.1. The lowest BCUT2D eigenvalue weighted by Crippen LogP contribution is -2.40. The van der Waals surface area contributed by atoms with Gasteiger partial charge in [0.15, 0.2) is 5.41 Å². The highest BCUT2D eigenvalue weighted by atomic mass is 16.6. The summed E-state index contributed by atoms with van der Waals surface area (Å²) in [6, 6.07) is 13.5. The Morgan fingerprint density at radius 3 is 1.65 bits per heavy atom. The minimum atomic E-state index is -1.63.